The first-order valence-electron chi connectivity index (χ1n) is 4.80. The molecule has 0 heterocycles. The topological polar surface area (TPSA) is 26.0 Å². The van der Waals surface area contributed by atoms with E-state index < -0.39 is 22.5 Å². The van der Waals surface area contributed by atoms with Crippen molar-refractivity contribution in [3.05, 3.63) is 39.4 Å². The van der Waals surface area contributed by atoms with Crippen LogP contribution in [0.1, 0.15) is 5.56 Å². The third-order valence-electron chi connectivity index (χ3n) is 2.22. The van der Waals surface area contributed by atoms with Crippen LogP contribution >= 0.6 is 47.0 Å². The lowest BCUT2D eigenvalue weighted by Crippen LogP contribution is -2.25. The molecule has 0 aliphatic carbocycles. The van der Waals surface area contributed by atoms with Gasteiger partial charge in [-0.05, 0) is 12.1 Å². The van der Waals surface area contributed by atoms with Crippen LogP contribution < -0.4 is 5.73 Å². The van der Waals surface area contributed by atoms with Gasteiger partial charge >= 0.3 is 6.18 Å². The van der Waals surface area contributed by atoms with Crippen LogP contribution in [0.25, 0.3) is 5.70 Å². The van der Waals surface area contributed by atoms with Crippen molar-refractivity contribution in [1.29, 1.82) is 0 Å². The highest BCUT2D eigenvalue weighted by Crippen LogP contribution is 2.33. The van der Waals surface area contributed by atoms with E-state index in [1.807, 2.05) is 0 Å². The number of allylic oxidation sites excluding steroid dienone is 1. The third kappa shape index (κ3) is 3.75. The number of thiocarbonyl (C=S) groups is 1. The largest absolute Gasteiger partial charge is 0.426 e. The Hall–Kier alpha value is -0.490. The molecule has 0 aromatic heterocycles. The van der Waals surface area contributed by atoms with Gasteiger partial charge in [0.05, 0.1) is 15.9 Å². The molecule has 1 rings (SSSR count). The predicted octanol–water partition coefficient (Wildman–Crippen LogP) is 4.83. The second-order valence-corrected chi connectivity index (χ2v) is 4.94. The van der Waals surface area contributed by atoms with Crippen molar-refractivity contribution in [1.82, 2.24) is 0 Å². The fraction of sp³-hybridized carbons (Fsp3) is 0.182. The van der Waals surface area contributed by atoms with Crippen LogP contribution in [0.5, 0.6) is 0 Å². The molecule has 104 valence electrons. The minimum atomic E-state index is -4.70. The molecule has 1 aromatic carbocycles. The summed E-state index contributed by atoms with van der Waals surface area (Å²) in [5.74, 6) is -0.494. The first kappa shape index (κ1) is 16.6. The van der Waals surface area contributed by atoms with Gasteiger partial charge in [-0.1, -0.05) is 41.5 Å². The molecule has 0 saturated carbocycles. The summed E-state index contributed by atoms with van der Waals surface area (Å²) >= 11 is 21.6. The quantitative estimate of drug-likeness (QED) is 0.481. The normalized spacial score (nSPS) is 13.2. The van der Waals surface area contributed by atoms with Gasteiger partial charge < -0.3 is 5.73 Å². The van der Waals surface area contributed by atoms with Gasteiger partial charge in [-0.15, -0.1) is 11.6 Å². The highest BCUT2D eigenvalue weighted by atomic mass is 35.5. The number of alkyl halides is 4. The lowest BCUT2D eigenvalue weighted by Gasteiger charge is -2.15. The number of halogens is 6. The predicted molar refractivity (Wildman–Crippen MR) is 76.9 cm³/mol. The molecular weight excluding hydrogens is 342 g/mol. The van der Waals surface area contributed by atoms with Crippen LogP contribution in [0.4, 0.5) is 13.2 Å². The summed E-state index contributed by atoms with van der Waals surface area (Å²) in [7, 11) is 0. The number of benzene rings is 1. The lowest BCUT2D eigenvalue weighted by atomic mass is 10.0. The Morgan fingerprint density at radius 3 is 2.05 bits per heavy atom. The van der Waals surface area contributed by atoms with E-state index in [0.29, 0.717) is 0 Å². The molecule has 0 radical (unpaired) electrons. The Kier molecular flexibility index (Phi) is 5.50. The monoisotopic (exact) mass is 347 g/mol. The van der Waals surface area contributed by atoms with Gasteiger partial charge in [-0.2, -0.15) is 13.2 Å². The van der Waals surface area contributed by atoms with Gasteiger partial charge in [0.2, 0.25) is 0 Å². The molecule has 0 atom stereocenters. The van der Waals surface area contributed by atoms with Gasteiger partial charge in [0, 0.05) is 16.8 Å². The molecule has 19 heavy (non-hydrogen) atoms. The molecule has 1 aromatic rings. The highest BCUT2D eigenvalue weighted by molar-refractivity contribution is 7.81. The van der Waals surface area contributed by atoms with E-state index in [1.54, 1.807) is 6.07 Å². The van der Waals surface area contributed by atoms with Crippen molar-refractivity contribution in [2.24, 2.45) is 5.73 Å². The Morgan fingerprint density at radius 1 is 1.21 bits per heavy atom. The molecule has 0 unspecified atom stereocenters. The van der Waals surface area contributed by atoms with E-state index in [0.717, 1.165) is 0 Å². The maximum atomic E-state index is 12.6. The zero-order chi connectivity index (χ0) is 14.8. The van der Waals surface area contributed by atoms with Crippen molar-refractivity contribution < 1.29 is 13.2 Å². The summed E-state index contributed by atoms with van der Waals surface area (Å²) in [6, 6.07) is 4.46. The number of nitrogens with two attached hydrogens (primary N) is 1. The Labute approximate surface area is 128 Å². The fourth-order valence-electron chi connectivity index (χ4n) is 1.33. The summed E-state index contributed by atoms with van der Waals surface area (Å²) in [4.78, 5) is -1.28. The highest BCUT2D eigenvalue weighted by Gasteiger charge is 2.37. The molecule has 0 amide bonds. The zero-order valence-electron chi connectivity index (χ0n) is 9.19. The average Bonchev–Trinajstić information content (AvgIpc) is 2.28. The number of hydrogen-bond acceptors (Lipinski definition) is 2. The van der Waals surface area contributed by atoms with Crippen LogP contribution in [-0.4, -0.2) is 16.9 Å². The molecule has 0 aliphatic rings. The smallest absolute Gasteiger partial charge is 0.398 e. The van der Waals surface area contributed by atoms with Crippen molar-refractivity contribution in [2.45, 2.75) is 6.18 Å². The van der Waals surface area contributed by atoms with Crippen LogP contribution in [0.3, 0.4) is 0 Å². The van der Waals surface area contributed by atoms with Gasteiger partial charge in [-0.25, -0.2) is 0 Å². The first-order valence-corrected chi connectivity index (χ1v) is 6.50. The lowest BCUT2D eigenvalue weighted by molar-refractivity contribution is -0.0557. The minimum absolute atomic E-state index is 0.0908. The second kappa shape index (κ2) is 6.31. The van der Waals surface area contributed by atoms with Crippen LogP contribution in [0.2, 0.25) is 10.0 Å². The molecule has 0 spiro atoms. The Balaban J connectivity index is 3.46. The van der Waals surface area contributed by atoms with Crippen LogP contribution in [0, 0.1) is 0 Å². The SMILES string of the molecule is NC(=C(CCl)C(=S)C(F)(F)F)c1c(Cl)cccc1Cl. The van der Waals surface area contributed by atoms with Crippen LogP contribution in [0.15, 0.2) is 23.8 Å². The summed E-state index contributed by atoms with van der Waals surface area (Å²) in [6.07, 6.45) is -4.70. The Morgan fingerprint density at radius 2 is 1.68 bits per heavy atom. The van der Waals surface area contributed by atoms with E-state index in [-0.39, 0.29) is 21.3 Å². The summed E-state index contributed by atoms with van der Waals surface area (Å²) in [5, 5.41) is 0.246. The van der Waals surface area contributed by atoms with Gasteiger partial charge in [0.15, 0.2) is 0 Å². The molecule has 0 bridgehead atoms. The maximum Gasteiger partial charge on any atom is 0.426 e. The van der Waals surface area contributed by atoms with E-state index in [1.165, 1.54) is 12.1 Å². The minimum Gasteiger partial charge on any atom is -0.398 e. The van der Waals surface area contributed by atoms with Crippen molar-refractivity contribution in [2.75, 3.05) is 5.88 Å². The summed E-state index contributed by atoms with van der Waals surface area (Å²) in [5.41, 5.74) is 5.09. The average molecular weight is 349 g/mol. The van der Waals surface area contributed by atoms with E-state index in [9.17, 15) is 13.2 Å². The van der Waals surface area contributed by atoms with E-state index >= 15 is 0 Å². The van der Waals surface area contributed by atoms with E-state index in [4.69, 9.17) is 40.5 Å². The van der Waals surface area contributed by atoms with Crippen molar-refractivity contribution in [3.8, 4) is 0 Å². The van der Waals surface area contributed by atoms with Crippen molar-refractivity contribution in [3.63, 3.8) is 0 Å². The standard InChI is InChI=1S/C11H7Cl3F3NS/c12-4-5(10(19)11(15,16)17)9(18)8-6(13)2-1-3-7(8)14/h1-3H,4,18H2. The molecule has 0 saturated heterocycles. The molecule has 2 N–H and O–H groups in total. The van der Waals surface area contributed by atoms with Gasteiger partial charge in [0.25, 0.3) is 0 Å². The molecular formula is C11H7Cl3F3NS. The molecule has 8 heteroatoms. The fourth-order valence-corrected chi connectivity index (χ4v) is 2.47. The van der Waals surface area contributed by atoms with Crippen LogP contribution in [-0.2, 0) is 0 Å². The summed E-state index contributed by atoms with van der Waals surface area (Å²) in [6.45, 7) is 0. The Bertz CT molecular complexity index is 520. The maximum absolute atomic E-state index is 12.6. The molecule has 0 aliphatic heterocycles. The number of rotatable bonds is 3. The molecule has 0 fully saturated rings. The van der Waals surface area contributed by atoms with Gasteiger partial charge in [0.1, 0.15) is 4.86 Å². The zero-order valence-corrected chi connectivity index (χ0v) is 12.3. The second-order valence-electron chi connectivity index (χ2n) is 3.45. The van der Waals surface area contributed by atoms with Crippen molar-refractivity contribution >= 4 is 57.6 Å². The summed E-state index contributed by atoms with van der Waals surface area (Å²) < 4.78 is 37.8. The van der Waals surface area contributed by atoms with E-state index in [2.05, 4.69) is 12.2 Å². The third-order valence-corrected chi connectivity index (χ3v) is 3.60. The first-order chi connectivity index (χ1) is 8.70. The van der Waals surface area contributed by atoms with Gasteiger partial charge in [-0.3, -0.25) is 0 Å². The number of hydrogen-bond donors (Lipinski definition) is 1. The molecule has 1 nitrogen and oxygen atoms in total.